The molecule has 0 saturated heterocycles. The minimum absolute atomic E-state index is 0.141. The molecule has 1 atom stereocenters. The summed E-state index contributed by atoms with van der Waals surface area (Å²) >= 11 is 0. The van der Waals surface area contributed by atoms with Crippen LogP contribution in [0.15, 0.2) is 10.2 Å². The van der Waals surface area contributed by atoms with E-state index in [0.717, 1.165) is 19.3 Å². The minimum atomic E-state index is -0.171. The van der Waals surface area contributed by atoms with Crippen LogP contribution in [0.3, 0.4) is 0 Å². The van der Waals surface area contributed by atoms with E-state index in [-0.39, 0.29) is 11.1 Å². The Balaban J connectivity index is 4.05. The van der Waals surface area contributed by atoms with E-state index in [1.54, 1.807) is 7.05 Å². The van der Waals surface area contributed by atoms with Gasteiger partial charge in [0.1, 0.15) is 23.8 Å². The second-order valence-corrected chi connectivity index (χ2v) is 5.29. The summed E-state index contributed by atoms with van der Waals surface area (Å²) < 4.78 is 5.92. The summed E-state index contributed by atoms with van der Waals surface area (Å²) in [6.07, 6.45) is 2.67. The van der Waals surface area contributed by atoms with E-state index >= 15 is 0 Å². The first-order chi connectivity index (χ1) is 7.83. The van der Waals surface area contributed by atoms with Gasteiger partial charge in [-0.25, -0.2) is 0 Å². The standard InChI is InChI=1S/C12H27N4O/c1-6-12(4,7-9-15-16-14-5)17-10-8-11(2,3)13/h6-10,13H2,1-5H3/q+1. The fraction of sp³-hybridized carbons (Fsp3) is 1.00. The zero-order valence-electron chi connectivity index (χ0n) is 11.9. The van der Waals surface area contributed by atoms with Crippen molar-refractivity contribution in [3.8, 4) is 0 Å². The summed E-state index contributed by atoms with van der Waals surface area (Å²) in [4.78, 5) is 3.60. The molecule has 0 aromatic rings. The van der Waals surface area contributed by atoms with E-state index in [4.69, 9.17) is 10.5 Å². The lowest BCUT2D eigenvalue weighted by atomic mass is 9.98. The predicted octanol–water partition coefficient (Wildman–Crippen LogP) is 2.29. The Kier molecular flexibility index (Phi) is 7.19. The molecule has 0 fully saturated rings. The zero-order valence-corrected chi connectivity index (χ0v) is 11.9. The van der Waals surface area contributed by atoms with E-state index in [1.807, 2.05) is 13.8 Å². The van der Waals surface area contributed by atoms with Crippen LogP contribution in [0.5, 0.6) is 0 Å². The minimum Gasteiger partial charge on any atom is -0.375 e. The third kappa shape index (κ3) is 8.98. The van der Waals surface area contributed by atoms with Crippen LogP contribution in [0.2, 0.25) is 0 Å². The zero-order chi connectivity index (χ0) is 13.4. The van der Waals surface area contributed by atoms with Gasteiger partial charge in [-0.1, -0.05) is 6.92 Å². The van der Waals surface area contributed by atoms with Crippen molar-refractivity contribution in [2.75, 3.05) is 20.2 Å². The molecule has 0 aliphatic heterocycles. The van der Waals surface area contributed by atoms with Gasteiger partial charge in [0.15, 0.2) is 0 Å². The topological polar surface area (TPSA) is 74.1 Å². The van der Waals surface area contributed by atoms with Crippen molar-refractivity contribution in [3.63, 3.8) is 0 Å². The highest BCUT2D eigenvalue weighted by Crippen LogP contribution is 2.21. The first-order valence-corrected chi connectivity index (χ1v) is 6.21. The average molecular weight is 243 g/mol. The van der Waals surface area contributed by atoms with Crippen LogP contribution >= 0.6 is 0 Å². The van der Waals surface area contributed by atoms with Gasteiger partial charge in [0.25, 0.3) is 0 Å². The van der Waals surface area contributed by atoms with E-state index in [2.05, 4.69) is 29.0 Å². The van der Waals surface area contributed by atoms with Crippen molar-refractivity contribution in [1.29, 1.82) is 0 Å². The summed E-state index contributed by atoms with van der Waals surface area (Å²) in [5.41, 5.74) is 5.61. The lowest BCUT2D eigenvalue weighted by molar-refractivity contribution is -0.0439. The van der Waals surface area contributed by atoms with Crippen LogP contribution in [0.4, 0.5) is 0 Å². The van der Waals surface area contributed by atoms with E-state index < -0.39 is 0 Å². The summed E-state index contributed by atoms with van der Waals surface area (Å²) in [5.74, 6) is 0. The van der Waals surface area contributed by atoms with Gasteiger partial charge in [0, 0.05) is 18.6 Å². The highest BCUT2D eigenvalue weighted by atomic mass is 16.5. The van der Waals surface area contributed by atoms with E-state index in [1.165, 1.54) is 0 Å². The van der Waals surface area contributed by atoms with Crippen molar-refractivity contribution in [2.24, 2.45) is 16.0 Å². The first-order valence-electron chi connectivity index (χ1n) is 6.21. The Labute approximate surface area is 105 Å². The maximum Gasteiger partial charge on any atom is 0.216 e. The molecule has 0 aliphatic carbocycles. The van der Waals surface area contributed by atoms with Gasteiger partial charge in [-0.15, -0.1) is 0 Å². The number of ether oxygens (including phenoxy) is 1. The highest BCUT2D eigenvalue weighted by molar-refractivity contribution is 4.76. The van der Waals surface area contributed by atoms with Gasteiger partial charge < -0.3 is 10.5 Å². The number of hydrogen-bond donors (Lipinski definition) is 1. The molecular weight excluding hydrogens is 216 g/mol. The molecule has 17 heavy (non-hydrogen) atoms. The van der Waals surface area contributed by atoms with Gasteiger partial charge in [0.05, 0.1) is 5.60 Å². The lowest BCUT2D eigenvalue weighted by Crippen LogP contribution is -2.36. The van der Waals surface area contributed by atoms with Gasteiger partial charge in [-0.05, 0) is 33.6 Å². The second-order valence-electron chi connectivity index (χ2n) is 5.29. The van der Waals surface area contributed by atoms with Crippen LogP contribution in [-0.2, 0) is 4.74 Å². The Bertz CT molecular complexity index is 266. The van der Waals surface area contributed by atoms with Crippen molar-refractivity contribution < 1.29 is 4.74 Å². The normalized spacial score (nSPS) is 14.9. The second kappa shape index (κ2) is 7.54. The molecule has 0 bridgehead atoms. The number of nitrogens with two attached hydrogens (primary N) is 1. The molecule has 0 aromatic heterocycles. The fourth-order valence-electron chi connectivity index (χ4n) is 1.31. The van der Waals surface area contributed by atoms with Gasteiger partial charge in [-0.2, -0.15) is 0 Å². The third-order valence-corrected chi connectivity index (χ3v) is 2.84. The Morgan fingerprint density at radius 1 is 1.24 bits per heavy atom. The molecule has 5 nitrogen and oxygen atoms in total. The predicted molar refractivity (Wildman–Crippen MR) is 69.9 cm³/mol. The monoisotopic (exact) mass is 243 g/mol. The molecule has 0 radical (unpaired) electrons. The van der Waals surface area contributed by atoms with Crippen molar-refractivity contribution >= 4 is 0 Å². The summed E-state index contributed by atoms with van der Waals surface area (Å²) in [6, 6.07) is 0. The molecule has 100 valence electrons. The molecule has 0 aromatic carbocycles. The van der Waals surface area contributed by atoms with E-state index in [0.29, 0.717) is 13.2 Å². The molecule has 0 aliphatic rings. The largest absolute Gasteiger partial charge is 0.375 e. The Hall–Kier alpha value is -0.770. The van der Waals surface area contributed by atoms with Crippen molar-refractivity contribution in [1.82, 2.24) is 4.91 Å². The lowest BCUT2D eigenvalue weighted by Gasteiger charge is -2.29. The molecule has 0 amide bonds. The van der Waals surface area contributed by atoms with Crippen molar-refractivity contribution in [3.05, 3.63) is 0 Å². The molecule has 0 spiro atoms. The SMILES string of the molecule is CCC(C)(CCN=[N+]=NC)OCCC(C)(C)N. The van der Waals surface area contributed by atoms with Gasteiger partial charge in [-0.3, -0.25) is 0 Å². The smallest absolute Gasteiger partial charge is 0.216 e. The summed E-state index contributed by atoms with van der Waals surface area (Å²) in [6.45, 7) is 9.58. The van der Waals surface area contributed by atoms with Gasteiger partial charge in [0.2, 0.25) is 4.91 Å². The molecule has 0 rings (SSSR count). The summed E-state index contributed by atoms with van der Waals surface area (Å²) in [7, 11) is 1.61. The molecule has 0 heterocycles. The van der Waals surface area contributed by atoms with E-state index in [9.17, 15) is 0 Å². The maximum absolute atomic E-state index is 5.92. The molecular formula is C12H27N4O+. The first kappa shape index (κ1) is 16.2. The van der Waals surface area contributed by atoms with Crippen LogP contribution < -0.4 is 10.6 Å². The molecule has 1 unspecified atom stereocenters. The maximum atomic E-state index is 5.92. The van der Waals surface area contributed by atoms with Crippen LogP contribution in [0.25, 0.3) is 0 Å². The number of hydrogen-bond acceptors (Lipinski definition) is 4. The van der Waals surface area contributed by atoms with Crippen LogP contribution in [0.1, 0.15) is 47.0 Å². The fourth-order valence-corrected chi connectivity index (χ4v) is 1.31. The highest BCUT2D eigenvalue weighted by Gasteiger charge is 2.24. The van der Waals surface area contributed by atoms with Crippen LogP contribution in [0, 0.1) is 0 Å². The van der Waals surface area contributed by atoms with Gasteiger partial charge >= 0.3 is 0 Å². The number of rotatable bonds is 8. The third-order valence-electron chi connectivity index (χ3n) is 2.84. The molecule has 2 N–H and O–H groups in total. The van der Waals surface area contributed by atoms with Crippen molar-refractivity contribution in [2.45, 2.75) is 58.1 Å². The quantitative estimate of drug-likeness (QED) is 0.524. The van der Waals surface area contributed by atoms with Crippen LogP contribution in [-0.4, -0.2) is 31.3 Å². The number of nitrogens with zero attached hydrogens (tertiary/aromatic N) is 3. The molecule has 5 heteroatoms. The molecule has 0 saturated carbocycles. The summed E-state index contributed by atoms with van der Waals surface area (Å²) in [5, 5.41) is 7.51. The average Bonchev–Trinajstić information content (AvgIpc) is 2.23. The Morgan fingerprint density at radius 2 is 1.88 bits per heavy atom. The Morgan fingerprint density at radius 3 is 2.35 bits per heavy atom.